The first-order chi connectivity index (χ1) is 62.7. The van der Waals surface area contributed by atoms with Crippen LogP contribution in [0, 0.1) is 173 Å². The van der Waals surface area contributed by atoms with Crippen molar-refractivity contribution < 1.29 is 67.5 Å². The van der Waals surface area contributed by atoms with E-state index in [0.29, 0.717) is 134 Å². The third kappa shape index (κ3) is 15.5. The molecular weight excluding hydrogens is 1720 g/mol. The highest BCUT2D eigenvalue weighted by Crippen LogP contribution is 2.74. The van der Waals surface area contributed by atoms with Gasteiger partial charge in [-0.2, -0.15) is 0 Å². The van der Waals surface area contributed by atoms with Crippen molar-refractivity contribution in [1.29, 1.82) is 0 Å². The van der Waals surface area contributed by atoms with Crippen LogP contribution in [0.25, 0.3) is 0 Å². The summed E-state index contributed by atoms with van der Waals surface area (Å²) < 4.78 is 23.8. The second kappa shape index (κ2) is 34.7. The second-order valence-electron chi connectivity index (χ2n) is 53.6. The van der Waals surface area contributed by atoms with E-state index in [2.05, 4.69) is 104 Å². The van der Waals surface area contributed by atoms with Crippen LogP contribution in [0.5, 0.6) is 0 Å². The number of aliphatic hydroxyl groups excluding tert-OH is 1. The molecular formula is C113H175BrN4O14. The fourth-order valence-corrected chi connectivity index (χ4v) is 40.7. The Labute approximate surface area is 802 Å². The third-order valence-electron chi connectivity index (χ3n) is 48.4. The summed E-state index contributed by atoms with van der Waals surface area (Å²) in [5, 5.41) is 24.7. The monoisotopic (exact) mass is 1890 g/mol. The first-order valence-electron chi connectivity index (χ1n) is 55.6. The van der Waals surface area contributed by atoms with Gasteiger partial charge in [0.1, 0.15) is 45.7 Å². The topological polar surface area (TPSA) is 239 Å². The largest absolute Gasteiger partial charge is 0.441 e. The molecule has 19 heteroatoms. The number of Topliss-reactive ketones (excluding diaryl/α,β-unsaturated/α-hetero) is 5. The zero-order chi connectivity index (χ0) is 92.9. The highest BCUT2D eigenvalue weighted by atomic mass is 79.9. The van der Waals surface area contributed by atoms with Gasteiger partial charge in [-0.1, -0.05) is 99.0 Å². The number of fused-ring (bicyclic) bond motifs is 25. The molecule has 132 heavy (non-hydrogen) atoms. The first-order valence-corrected chi connectivity index (χ1v) is 56.7. The summed E-state index contributed by atoms with van der Waals surface area (Å²) in [5.74, 6) is 17.0. The molecule has 4 saturated heterocycles. The second-order valence-corrected chi connectivity index (χ2v) is 54.4. The number of carbonyl (C=O) groups is 8. The molecule has 20 saturated carbocycles. The molecule has 3 amide bonds. The molecule has 20 unspecified atom stereocenters. The van der Waals surface area contributed by atoms with E-state index in [9.17, 15) is 48.6 Å². The van der Waals surface area contributed by atoms with Crippen LogP contribution in [0.4, 0.5) is 14.4 Å². The number of nitrogens with one attached hydrogen (secondary N) is 1. The van der Waals surface area contributed by atoms with Crippen LogP contribution in [0.2, 0.25) is 0 Å². The van der Waals surface area contributed by atoms with E-state index >= 15 is 0 Å². The van der Waals surface area contributed by atoms with E-state index in [4.69, 9.17) is 18.9 Å². The molecule has 18 nitrogen and oxygen atoms in total. The number of carbonyl (C=O) groups excluding carboxylic acids is 8. The van der Waals surface area contributed by atoms with Crippen LogP contribution < -0.4 is 5.32 Å². The minimum atomic E-state index is -0.501. The lowest BCUT2D eigenvalue weighted by molar-refractivity contribution is -0.153. The molecule has 20 aliphatic carbocycles. The van der Waals surface area contributed by atoms with Gasteiger partial charge in [-0.15, -0.1) is 0 Å². The Bertz CT molecular complexity index is 4150. The van der Waals surface area contributed by atoms with Crippen molar-refractivity contribution in [2.24, 2.45) is 173 Å². The summed E-state index contributed by atoms with van der Waals surface area (Å²) in [6, 6.07) is 0. The molecule has 24 aliphatic rings. The van der Waals surface area contributed by atoms with Gasteiger partial charge >= 0.3 is 18.3 Å². The molecule has 0 aromatic rings. The number of ketones is 5. The van der Waals surface area contributed by atoms with E-state index in [1.165, 1.54) is 148 Å². The van der Waals surface area contributed by atoms with Gasteiger partial charge in [0.05, 0.1) is 44.1 Å². The Morgan fingerprint density at radius 2 is 0.598 bits per heavy atom. The fraction of sp³-hybridized carbons (Fsp3) is 0.929. The number of ether oxygens (including phenoxy) is 4. The molecule has 24 fully saturated rings. The maximum absolute atomic E-state index is 12.6. The van der Waals surface area contributed by atoms with Crippen LogP contribution in [0.3, 0.4) is 0 Å². The molecule has 4 spiro atoms. The Morgan fingerprint density at radius 1 is 0.326 bits per heavy atom. The lowest BCUT2D eigenvalue weighted by Crippen LogP contribution is -2.57. The van der Waals surface area contributed by atoms with Crippen molar-refractivity contribution >= 4 is 63.1 Å². The molecule has 4 heterocycles. The Morgan fingerprint density at radius 3 is 0.879 bits per heavy atom. The molecule has 3 N–H and O–H groups in total. The van der Waals surface area contributed by atoms with Gasteiger partial charge in [0.25, 0.3) is 0 Å². The van der Waals surface area contributed by atoms with E-state index in [1.54, 1.807) is 4.90 Å². The zero-order valence-corrected chi connectivity index (χ0v) is 85.7. The molecule has 0 aromatic heterocycles. The number of hydrogen-bond donors (Lipinski definition) is 3. The lowest BCUT2D eigenvalue weighted by atomic mass is 9.44. The molecule has 738 valence electrons. The number of nitrogens with zero attached hydrogens (tertiary/aromatic N) is 3. The zero-order valence-electron chi connectivity index (χ0n) is 84.1. The smallest absolute Gasteiger partial charge is 0.410 e. The minimum absolute atomic E-state index is 0.00501. The summed E-state index contributed by atoms with van der Waals surface area (Å²) in [5.41, 5.74) is 0.881. The number of aliphatic hydroxyl groups is 2. The van der Waals surface area contributed by atoms with E-state index < -0.39 is 5.60 Å². The van der Waals surface area contributed by atoms with Crippen LogP contribution in [0.1, 0.15) is 385 Å². The van der Waals surface area contributed by atoms with Gasteiger partial charge in [-0.3, -0.25) is 24.0 Å². The number of halogens is 1. The molecule has 35 atom stereocenters. The predicted octanol–water partition coefficient (Wildman–Crippen LogP) is 22.9. The molecule has 0 radical (unpaired) electrons. The molecule has 0 bridgehead atoms. The van der Waals surface area contributed by atoms with Gasteiger partial charge < -0.3 is 49.2 Å². The maximum Gasteiger partial charge on any atom is 0.410 e. The number of epoxide rings is 1. The average Bonchev–Trinajstić information content (AvgIpc) is 1.36. The summed E-state index contributed by atoms with van der Waals surface area (Å²) in [6.45, 7) is 35.3. The SMILES string of the molecule is CCCN1C[C@]2(CC[C@@]3(C)C(CCC4C3CC[C@]3(C)C(=O)CCC43)C2)OC1=O.CCCNC[C@@]1(O)CC[C@@]2(C)C(CCC3C2CC[C@]2(C)C(=O)CCC32)C1.C[C@]12CC[C@@]3(CC1CCC1C2CC[C@]2(C)C(=O)CCC12)CN(CCBr)C(=O)O3.C[C@]12CC[C@@]3(CC1CCC1C2CC[C@]2(C)C(=O)CCC12)CN(CCO)C(=O)O3.C[C@]12CC[C@]3(CO3)CC1CCC1C2CC[C@]2(C)C(=O)CCC12. The van der Waals surface area contributed by atoms with Crippen molar-refractivity contribution in [2.75, 3.05) is 70.9 Å². The first kappa shape index (κ1) is 96.0. The molecule has 4 aliphatic heterocycles. The normalized spacial score (nSPS) is 52.0. The highest BCUT2D eigenvalue weighted by Gasteiger charge is 2.71. The van der Waals surface area contributed by atoms with Crippen molar-refractivity contribution in [3.05, 3.63) is 0 Å². The van der Waals surface area contributed by atoms with Gasteiger partial charge in [-0.05, 0) is 422 Å². The van der Waals surface area contributed by atoms with Gasteiger partial charge in [0, 0.05) is 90.7 Å². The Hall–Kier alpha value is -3.52. The average molecular weight is 1890 g/mol. The van der Waals surface area contributed by atoms with Crippen LogP contribution in [-0.2, 0) is 42.9 Å². The van der Waals surface area contributed by atoms with Crippen LogP contribution in [-0.4, -0.2) is 171 Å². The predicted molar refractivity (Wildman–Crippen MR) is 514 cm³/mol. The van der Waals surface area contributed by atoms with Crippen molar-refractivity contribution in [1.82, 2.24) is 20.0 Å². The van der Waals surface area contributed by atoms with Gasteiger partial charge in [-0.25, -0.2) is 14.4 Å². The van der Waals surface area contributed by atoms with Crippen LogP contribution >= 0.6 is 15.9 Å². The van der Waals surface area contributed by atoms with E-state index in [1.807, 2.05) is 9.80 Å². The minimum Gasteiger partial charge on any atom is -0.441 e. The highest BCUT2D eigenvalue weighted by molar-refractivity contribution is 9.09. The quantitative estimate of drug-likeness (QED) is 0.0798. The van der Waals surface area contributed by atoms with Crippen molar-refractivity contribution in [3.8, 4) is 0 Å². The fourth-order valence-electron chi connectivity index (χ4n) is 40.2. The summed E-state index contributed by atoms with van der Waals surface area (Å²) >= 11 is 3.46. The maximum atomic E-state index is 12.6. The number of hydrogen-bond acceptors (Lipinski definition) is 15. The number of β-amino-alcohol motifs (C(OH)–C–C–N with tert-alkyl or cyclic N) is 1. The van der Waals surface area contributed by atoms with Crippen molar-refractivity contribution in [3.63, 3.8) is 0 Å². The van der Waals surface area contributed by atoms with Crippen molar-refractivity contribution in [2.45, 2.75) is 413 Å². The molecule has 24 rings (SSSR count). The summed E-state index contributed by atoms with van der Waals surface area (Å²) in [4.78, 5) is 105. The number of rotatable bonds is 10. The third-order valence-corrected chi connectivity index (χ3v) is 48.7. The summed E-state index contributed by atoms with van der Waals surface area (Å²) in [7, 11) is 0. The number of alkyl halides is 1. The van der Waals surface area contributed by atoms with Gasteiger partial charge in [0.2, 0.25) is 0 Å². The standard InChI is InChI=1S/C24H37NO3.C23H34BrNO3.C23H35NO4.C23H39NO2.C20H30O2/c1-4-13-25-15-24(28-21(25)27)12-11-22(2)16(14-24)5-6-17-18-7-8-20(26)23(18,3)10-9-19(17)22;1-21-9-10-23(14-25(12-11-24)20(27)28-23)13-15(21)3-4-16-17-5-6-19(26)22(17,2)8-7-18(16)21;1-21-9-10-23(14-24(11-12-25)20(27)28-23)13-15(21)3-4-16-17-5-6-19(26)22(17,2)8-7-18(16)21;1-4-13-24-15-23(26)12-11-21(2)16(14-23)5-6-17-18-7-8-20(25)22(18,3)10-9-19(17)21;1-18-9-10-20(12-22-20)11-13(18)3-4-14-15-5-6-17(21)19(15,2)8-7-16(14)18/h16-19H,4-15H2,1-3H3;15-18H,3-14H2,1-2H3;15-18,25H,3-14H2,1-2H3;16-19,24,26H,4-15H2,1-3H3;13-16H,3-12H2,1-2H3/t16?,17?,18?,19?,22-,23-,24+;2*15?,16?,17?,18?,21-,22-,23+;16?,17?,18?,19?,21-,22-,23+;13?,14?,15?,16?,18-,19-,20+/m00000/s1. The Kier molecular flexibility index (Phi) is 25.2. The number of amides is 3. The molecule has 0 aromatic carbocycles. The Balaban J connectivity index is 0.000000103. The van der Waals surface area contributed by atoms with Gasteiger partial charge in [0.15, 0.2) is 0 Å². The van der Waals surface area contributed by atoms with E-state index in [-0.39, 0.29) is 68.8 Å². The summed E-state index contributed by atoms with van der Waals surface area (Å²) in [6.07, 6.45) is 52.6. The lowest BCUT2D eigenvalue weighted by Gasteiger charge is -2.61. The van der Waals surface area contributed by atoms with Crippen LogP contribution in [0.15, 0.2) is 0 Å². The van der Waals surface area contributed by atoms with E-state index in [0.717, 1.165) is 264 Å².